The van der Waals surface area contributed by atoms with Crippen LogP contribution in [0.15, 0.2) is 59.5 Å². The summed E-state index contributed by atoms with van der Waals surface area (Å²) in [6.07, 6.45) is 4.00. The first-order chi connectivity index (χ1) is 11.7. The number of hydrogen-bond acceptors (Lipinski definition) is 3. The third-order valence-corrected chi connectivity index (χ3v) is 4.33. The summed E-state index contributed by atoms with van der Waals surface area (Å²) >= 11 is 0. The van der Waals surface area contributed by atoms with Gasteiger partial charge >= 0.3 is 0 Å². The van der Waals surface area contributed by atoms with Crippen LogP contribution in [0, 0.1) is 5.82 Å². The van der Waals surface area contributed by atoms with Crippen LogP contribution >= 0.6 is 0 Å². The molecule has 24 heavy (non-hydrogen) atoms. The maximum absolute atomic E-state index is 13.4. The Kier molecular flexibility index (Phi) is 3.86. The largest absolute Gasteiger partial charge is 0.290 e. The number of benzene rings is 1. The Hall–Kier alpha value is -2.53. The van der Waals surface area contributed by atoms with Crippen molar-refractivity contribution in [1.82, 2.24) is 14.3 Å². The summed E-state index contributed by atoms with van der Waals surface area (Å²) in [4.78, 5) is 19.1. The minimum absolute atomic E-state index is 0.0721. The summed E-state index contributed by atoms with van der Waals surface area (Å²) in [6, 6.07) is 14.3. The Morgan fingerprint density at radius 2 is 2.00 bits per heavy atom. The minimum Gasteiger partial charge on any atom is -0.290 e. The van der Waals surface area contributed by atoms with E-state index in [9.17, 15) is 9.18 Å². The molecule has 0 unspecified atom stereocenters. The lowest BCUT2D eigenvalue weighted by Crippen LogP contribution is -2.27. The second-order valence-corrected chi connectivity index (χ2v) is 6.28. The molecule has 1 aromatic carbocycles. The fraction of sp³-hybridized carbons (Fsp3) is 0.263. The van der Waals surface area contributed by atoms with Gasteiger partial charge in [0.15, 0.2) is 0 Å². The highest BCUT2D eigenvalue weighted by atomic mass is 19.1. The first-order valence-corrected chi connectivity index (χ1v) is 8.15. The van der Waals surface area contributed by atoms with E-state index in [1.807, 2.05) is 24.3 Å². The number of rotatable bonds is 5. The molecule has 0 spiro atoms. The smallest absolute Gasteiger partial charge is 0.258 e. The number of pyridine rings is 1. The van der Waals surface area contributed by atoms with Crippen molar-refractivity contribution in [3.63, 3.8) is 0 Å². The zero-order valence-electron chi connectivity index (χ0n) is 13.2. The maximum atomic E-state index is 13.4. The molecule has 122 valence electrons. The fourth-order valence-electron chi connectivity index (χ4n) is 3.02. The molecule has 0 atom stereocenters. The van der Waals surface area contributed by atoms with Crippen molar-refractivity contribution >= 4 is 5.65 Å². The Bertz CT molecular complexity index is 933. The van der Waals surface area contributed by atoms with Gasteiger partial charge in [-0.05, 0) is 42.7 Å². The molecule has 4 nitrogen and oxygen atoms in total. The van der Waals surface area contributed by atoms with E-state index in [2.05, 4.69) is 9.88 Å². The van der Waals surface area contributed by atoms with Gasteiger partial charge in [-0.25, -0.2) is 9.37 Å². The van der Waals surface area contributed by atoms with Crippen LogP contribution < -0.4 is 5.56 Å². The van der Waals surface area contributed by atoms with Gasteiger partial charge in [-0.15, -0.1) is 0 Å². The Morgan fingerprint density at radius 3 is 2.79 bits per heavy atom. The average Bonchev–Trinajstić information content (AvgIpc) is 3.39. The quantitative estimate of drug-likeness (QED) is 0.724. The minimum atomic E-state index is -0.217. The highest BCUT2D eigenvalue weighted by Gasteiger charge is 2.29. The first-order valence-electron chi connectivity index (χ1n) is 8.15. The predicted molar refractivity (Wildman–Crippen MR) is 90.1 cm³/mol. The number of nitrogens with zero attached hydrogens (tertiary/aromatic N) is 3. The van der Waals surface area contributed by atoms with E-state index >= 15 is 0 Å². The van der Waals surface area contributed by atoms with Crippen molar-refractivity contribution in [2.45, 2.75) is 32.0 Å². The molecule has 1 aliphatic rings. The maximum Gasteiger partial charge on any atom is 0.258 e. The van der Waals surface area contributed by atoms with Gasteiger partial charge in [0.25, 0.3) is 5.56 Å². The number of hydrogen-bond donors (Lipinski definition) is 0. The summed E-state index contributed by atoms with van der Waals surface area (Å²) in [6.45, 7) is 1.26. The van der Waals surface area contributed by atoms with Gasteiger partial charge in [0.2, 0.25) is 0 Å². The van der Waals surface area contributed by atoms with Crippen LogP contribution in [0.2, 0.25) is 0 Å². The second kappa shape index (κ2) is 6.17. The van der Waals surface area contributed by atoms with Gasteiger partial charge in [-0.2, -0.15) is 0 Å². The van der Waals surface area contributed by atoms with Crippen LogP contribution in [-0.4, -0.2) is 20.3 Å². The topological polar surface area (TPSA) is 37.6 Å². The van der Waals surface area contributed by atoms with E-state index in [-0.39, 0.29) is 11.4 Å². The summed E-state index contributed by atoms with van der Waals surface area (Å²) in [5.74, 6) is -0.217. The van der Waals surface area contributed by atoms with Crippen LogP contribution in [0.5, 0.6) is 0 Å². The molecule has 0 radical (unpaired) electrons. The number of fused-ring (bicyclic) bond motifs is 1. The molecule has 1 aliphatic carbocycles. The lowest BCUT2D eigenvalue weighted by molar-refractivity contribution is 0.242. The van der Waals surface area contributed by atoms with Gasteiger partial charge in [0.05, 0.1) is 5.69 Å². The van der Waals surface area contributed by atoms with Crippen LogP contribution in [-0.2, 0) is 13.1 Å². The van der Waals surface area contributed by atoms with Gasteiger partial charge in [0.1, 0.15) is 11.5 Å². The van der Waals surface area contributed by atoms with Crippen LogP contribution in [0.3, 0.4) is 0 Å². The molecule has 5 heteroatoms. The third kappa shape index (κ3) is 3.21. The predicted octanol–water partition coefficient (Wildman–Crippen LogP) is 3.00. The van der Waals surface area contributed by atoms with Gasteiger partial charge in [0, 0.05) is 31.4 Å². The zero-order chi connectivity index (χ0) is 16.5. The molecule has 0 bridgehead atoms. The van der Waals surface area contributed by atoms with Gasteiger partial charge in [-0.3, -0.25) is 14.1 Å². The molecule has 3 aromatic rings. The van der Waals surface area contributed by atoms with Crippen molar-refractivity contribution in [3.05, 3.63) is 82.2 Å². The fourth-order valence-corrected chi connectivity index (χ4v) is 3.02. The van der Waals surface area contributed by atoms with Crippen LogP contribution in [0.1, 0.15) is 24.1 Å². The Morgan fingerprint density at radius 1 is 1.12 bits per heavy atom. The van der Waals surface area contributed by atoms with Crippen molar-refractivity contribution < 1.29 is 4.39 Å². The summed E-state index contributed by atoms with van der Waals surface area (Å²) in [5, 5.41) is 0. The van der Waals surface area contributed by atoms with Crippen LogP contribution in [0.4, 0.5) is 4.39 Å². The average molecular weight is 323 g/mol. The van der Waals surface area contributed by atoms with E-state index in [0.29, 0.717) is 24.8 Å². The van der Waals surface area contributed by atoms with Crippen molar-refractivity contribution in [1.29, 1.82) is 0 Å². The second-order valence-electron chi connectivity index (χ2n) is 6.28. The lowest BCUT2D eigenvalue weighted by Gasteiger charge is -2.21. The molecule has 4 rings (SSSR count). The normalized spacial score (nSPS) is 14.4. The van der Waals surface area contributed by atoms with E-state index < -0.39 is 0 Å². The lowest BCUT2D eigenvalue weighted by atomic mass is 10.2. The Balaban J connectivity index is 1.60. The molecular formula is C19H18FN3O. The molecule has 0 amide bonds. The third-order valence-electron chi connectivity index (χ3n) is 4.33. The highest BCUT2D eigenvalue weighted by molar-refractivity contribution is 5.38. The van der Waals surface area contributed by atoms with Gasteiger partial charge < -0.3 is 0 Å². The molecule has 2 heterocycles. The summed E-state index contributed by atoms with van der Waals surface area (Å²) < 4.78 is 15.0. The zero-order valence-corrected chi connectivity index (χ0v) is 13.2. The van der Waals surface area contributed by atoms with E-state index in [0.717, 1.165) is 24.1 Å². The molecule has 0 aliphatic heterocycles. The molecule has 0 saturated heterocycles. The summed E-state index contributed by atoms with van der Waals surface area (Å²) in [5.41, 5.74) is 2.28. The van der Waals surface area contributed by atoms with Crippen molar-refractivity contribution in [3.8, 4) is 0 Å². The Labute approximate surface area is 139 Å². The molecular weight excluding hydrogens is 305 g/mol. The van der Waals surface area contributed by atoms with Crippen molar-refractivity contribution in [2.75, 3.05) is 0 Å². The highest BCUT2D eigenvalue weighted by Crippen LogP contribution is 2.29. The molecule has 1 saturated carbocycles. The molecule has 1 fully saturated rings. The molecule has 2 aromatic heterocycles. The van der Waals surface area contributed by atoms with Gasteiger partial charge in [-0.1, -0.05) is 18.2 Å². The summed E-state index contributed by atoms with van der Waals surface area (Å²) in [7, 11) is 0. The van der Waals surface area contributed by atoms with Crippen LogP contribution in [0.25, 0.3) is 5.65 Å². The standard InChI is InChI=1S/C19H18FN3O/c20-15-5-3-4-14(10-15)12-22(17-7-8-17)13-16-11-19(24)23-9-2-1-6-18(23)21-16/h1-6,9-11,17H,7-8,12-13H2. The van der Waals surface area contributed by atoms with E-state index in [1.54, 1.807) is 24.4 Å². The molecule has 0 N–H and O–H groups in total. The monoisotopic (exact) mass is 323 g/mol. The first kappa shape index (κ1) is 15.0. The van der Waals surface area contributed by atoms with E-state index in [4.69, 9.17) is 0 Å². The van der Waals surface area contributed by atoms with E-state index in [1.165, 1.54) is 10.5 Å². The number of halogens is 1. The SMILES string of the molecule is O=c1cc(CN(Cc2cccc(F)c2)C2CC2)nc2ccccn12. The number of aromatic nitrogens is 2. The van der Waals surface area contributed by atoms with Crippen molar-refractivity contribution in [2.24, 2.45) is 0 Å².